The standard InChI is InChI=1S/C20H26N8O/c1-3-26(4-2)20(29)14-7-5-9-27(12-14)16-11-15(23-13-24-16)17-18(21)25-28-10-6-8-22-19(17)28/h6,8,10-11,13-14H,3-5,7,9,12H2,1-2H3,(H2,21,25)/t14-/m0/s1. The molecule has 2 N–H and O–H groups in total. The van der Waals surface area contributed by atoms with E-state index in [4.69, 9.17) is 5.73 Å². The van der Waals surface area contributed by atoms with Crippen molar-refractivity contribution >= 4 is 23.2 Å². The summed E-state index contributed by atoms with van der Waals surface area (Å²) >= 11 is 0. The third kappa shape index (κ3) is 3.59. The molecule has 0 aliphatic carbocycles. The van der Waals surface area contributed by atoms with Crippen molar-refractivity contribution in [3.05, 3.63) is 30.9 Å². The Kier molecular flexibility index (Phi) is 5.28. The first-order valence-corrected chi connectivity index (χ1v) is 10.1. The number of piperidine rings is 1. The predicted molar refractivity (Wildman–Crippen MR) is 111 cm³/mol. The Morgan fingerprint density at radius 1 is 1.28 bits per heavy atom. The van der Waals surface area contributed by atoms with Crippen LogP contribution in [-0.2, 0) is 4.79 Å². The fourth-order valence-electron chi connectivity index (χ4n) is 3.99. The molecular weight excluding hydrogens is 368 g/mol. The lowest BCUT2D eigenvalue weighted by molar-refractivity contribution is -0.135. The second-order valence-corrected chi connectivity index (χ2v) is 7.21. The van der Waals surface area contributed by atoms with E-state index in [1.807, 2.05) is 24.8 Å². The molecule has 1 aliphatic rings. The normalized spacial score (nSPS) is 16.9. The van der Waals surface area contributed by atoms with Crippen molar-refractivity contribution in [1.82, 2.24) is 29.5 Å². The van der Waals surface area contributed by atoms with Gasteiger partial charge in [0.2, 0.25) is 5.91 Å². The average molecular weight is 394 g/mol. The van der Waals surface area contributed by atoms with Gasteiger partial charge in [-0.3, -0.25) is 4.79 Å². The van der Waals surface area contributed by atoms with Crippen LogP contribution in [0.4, 0.5) is 11.6 Å². The molecular formula is C20H26N8O. The highest BCUT2D eigenvalue weighted by Gasteiger charge is 2.29. The molecule has 0 bridgehead atoms. The summed E-state index contributed by atoms with van der Waals surface area (Å²) < 4.78 is 1.64. The van der Waals surface area contributed by atoms with Crippen molar-refractivity contribution in [1.29, 1.82) is 0 Å². The van der Waals surface area contributed by atoms with Gasteiger partial charge < -0.3 is 15.5 Å². The molecule has 0 saturated carbocycles. The summed E-state index contributed by atoms with van der Waals surface area (Å²) in [5, 5.41) is 4.31. The van der Waals surface area contributed by atoms with E-state index in [0.29, 0.717) is 29.3 Å². The quantitative estimate of drug-likeness (QED) is 0.704. The third-order valence-corrected chi connectivity index (χ3v) is 5.50. The maximum Gasteiger partial charge on any atom is 0.227 e. The monoisotopic (exact) mass is 394 g/mol. The second-order valence-electron chi connectivity index (χ2n) is 7.21. The predicted octanol–water partition coefficient (Wildman–Crippen LogP) is 1.85. The Hall–Kier alpha value is -3.23. The molecule has 9 heteroatoms. The number of carbonyl (C=O) groups is 1. The Morgan fingerprint density at radius 3 is 2.90 bits per heavy atom. The number of nitrogens with two attached hydrogens (primary N) is 1. The number of rotatable bonds is 5. The highest BCUT2D eigenvalue weighted by Crippen LogP contribution is 2.30. The van der Waals surface area contributed by atoms with Crippen molar-refractivity contribution < 1.29 is 4.79 Å². The van der Waals surface area contributed by atoms with Crippen LogP contribution in [0.2, 0.25) is 0 Å². The summed E-state index contributed by atoms with van der Waals surface area (Å²) in [5.74, 6) is 1.39. The maximum absolute atomic E-state index is 12.8. The lowest BCUT2D eigenvalue weighted by Crippen LogP contribution is -2.45. The van der Waals surface area contributed by atoms with E-state index in [9.17, 15) is 4.79 Å². The molecule has 4 rings (SSSR count). The summed E-state index contributed by atoms with van der Waals surface area (Å²) in [6.07, 6.45) is 6.91. The number of hydrogen-bond donors (Lipinski definition) is 1. The summed E-state index contributed by atoms with van der Waals surface area (Å²) in [6, 6.07) is 3.71. The molecule has 9 nitrogen and oxygen atoms in total. The molecule has 0 radical (unpaired) electrons. The molecule has 0 aromatic carbocycles. The number of carbonyl (C=O) groups excluding carboxylic acids is 1. The van der Waals surface area contributed by atoms with Gasteiger partial charge in [0.25, 0.3) is 0 Å². The van der Waals surface area contributed by atoms with Gasteiger partial charge in [0.05, 0.1) is 17.2 Å². The number of aromatic nitrogens is 5. The van der Waals surface area contributed by atoms with E-state index in [1.165, 1.54) is 6.33 Å². The molecule has 29 heavy (non-hydrogen) atoms. The summed E-state index contributed by atoms with van der Waals surface area (Å²) in [6.45, 7) is 7.05. The summed E-state index contributed by atoms with van der Waals surface area (Å²) in [7, 11) is 0. The molecule has 0 unspecified atom stereocenters. The van der Waals surface area contributed by atoms with Crippen molar-refractivity contribution in [3.8, 4) is 11.3 Å². The molecule has 1 atom stereocenters. The number of nitrogen functional groups attached to an aromatic ring is 1. The third-order valence-electron chi connectivity index (χ3n) is 5.50. The van der Waals surface area contributed by atoms with Gasteiger partial charge in [-0.2, -0.15) is 0 Å². The Bertz CT molecular complexity index is 1010. The average Bonchev–Trinajstić information content (AvgIpc) is 3.10. The number of nitrogens with zero attached hydrogens (tertiary/aromatic N) is 7. The summed E-state index contributed by atoms with van der Waals surface area (Å²) in [4.78, 5) is 30.1. The van der Waals surface area contributed by atoms with Gasteiger partial charge in [0, 0.05) is 44.6 Å². The first-order chi connectivity index (χ1) is 14.1. The minimum absolute atomic E-state index is 0.00854. The van der Waals surface area contributed by atoms with Crippen LogP contribution in [-0.4, -0.2) is 61.6 Å². The zero-order valence-electron chi connectivity index (χ0n) is 16.8. The first kappa shape index (κ1) is 19.1. The van der Waals surface area contributed by atoms with Crippen LogP contribution < -0.4 is 10.6 Å². The van der Waals surface area contributed by atoms with Crippen LogP contribution in [0.15, 0.2) is 30.9 Å². The van der Waals surface area contributed by atoms with Crippen LogP contribution in [0.25, 0.3) is 16.9 Å². The SMILES string of the molecule is CCN(CC)C(=O)[C@H]1CCCN(c2cc(-c3c(N)nn4cccnc34)ncn2)C1. The maximum atomic E-state index is 12.8. The van der Waals surface area contributed by atoms with Crippen molar-refractivity contribution in [3.63, 3.8) is 0 Å². The molecule has 1 aliphatic heterocycles. The first-order valence-electron chi connectivity index (χ1n) is 10.1. The topological polar surface area (TPSA) is 106 Å². The lowest BCUT2D eigenvalue weighted by atomic mass is 9.96. The van der Waals surface area contributed by atoms with Gasteiger partial charge in [-0.25, -0.2) is 19.5 Å². The van der Waals surface area contributed by atoms with Crippen molar-refractivity contribution in [2.24, 2.45) is 5.92 Å². The molecule has 1 amide bonds. The Balaban J connectivity index is 1.62. The number of hydrogen-bond acceptors (Lipinski definition) is 7. The zero-order valence-corrected chi connectivity index (χ0v) is 16.8. The van der Waals surface area contributed by atoms with Gasteiger partial charge in [0.1, 0.15) is 12.1 Å². The van der Waals surface area contributed by atoms with Crippen molar-refractivity contribution in [2.45, 2.75) is 26.7 Å². The van der Waals surface area contributed by atoms with Crippen LogP contribution in [0.5, 0.6) is 0 Å². The fraction of sp³-hybridized carbons (Fsp3) is 0.450. The van der Waals surface area contributed by atoms with E-state index >= 15 is 0 Å². The highest BCUT2D eigenvalue weighted by molar-refractivity contribution is 5.85. The minimum atomic E-state index is -0.00854. The number of fused-ring (bicyclic) bond motifs is 1. The van der Waals surface area contributed by atoms with Gasteiger partial charge in [-0.15, -0.1) is 5.10 Å². The number of amides is 1. The Labute approximate surface area is 169 Å². The van der Waals surface area contributed by atoms with E-state index in [0.717, 1.165) is 38.3 Å². The van der Waals surface area contributed by atoms with E-state index in [2.05, 4.69) is 25.0 Å². The highest BCUT2D eigenvalue weighted by atomic mass is 16.2. The molecule has 4 heterocycles. The minimum Gasteiger partial charge on any atom is -0.382 e. The Morgan fingerprint density at radius 2 is 2.10 bits per heavy atom. The van der Waals surface area contributed by atoms with Gasteiger partial charge >= 0.3 is 0 Å². The van der Waals surface area contributed by atoms with Gasteiger partial charge in [-0.1, -0.05) is 0 Å². The molecule has 1 fully saturated rings. The fourth-order valence-corrected chi connectivity index (χ4v) is 3.99. The van der Waals surface area contributed by atoms with Crippen LogP contribution in [0.3, 0.4) is 0 Å². The van der Waals surface area contributed by atoms with E-state index in [-0.39, 0.29) is 11.8 Å². The van der Waals surface area contributed by atoms with Gasteiger partial charge in [0.15, 0.2) is 11.5 Å². The lowest BCUT2D eigenvalue weighted by Gasteiger charge is -2.35. The van der Waals surface area contributed by atoms with Crippen LogP contribution >= 0.6 is 0 Å². The molecule has 0 spiro atoms. The second kappa shape index (κ2) is 8.02. The van der Waals surface area contributed by atoms with Crippen molar-refractivity contribution in [2.75, 3.05) is 36.8 Å². The molecule has 3 aromatic heterocycles. The van der Waals surface area contributed by atoms with E-state index < -0.39 is 0 Å². The molecule has 152 valence electrons. The van der Waals surface area contributed by atoms with Gasteiger partial charge in [-0.05, 0) is 32.8 Å². The summed E-state index contributed by atoms with van der Waals surface area (Å²) in [5.41, 5.74) is 8.17. The van der Waals surface area contributed by atoms with E-state index in [1.54, 1.807) is 23.0 Å². The number of anilines is 2. The van der Waals surface area contributed by atoms with Crippen LogP contribution in [0.1, 0.15) is 26.7 Å². The smallest absolute Gasteiger partial charge is 0.227 e. The molecule has 1 saturated heterocycles. The largest absolute Gasteiger partial charge is 0.382 e. The zero-order chi connectivity index (χ0) is 20.4. The molecule has 3 aromatic rings. The van der Waals surface area contributed by atoms with Crippen LogP contribution in [0, 0.1) is 5.92 Å².